The van der Waals surface area contributed by atoms with E-state index >= 15 is 0 Å². The lowest BCUT2D eigenvalue weighted by atomic mass is 9.91. The van der Waals surface area contributed by atoms with E-state index in [1.165, 1.54) is 0 Å². The molecule has 0 atom stereocenters. The minimum absolute atomic E-state index is 0.118. The third kappa shape index (κ3) is 1.42. The van der Waals surface area contributed by atoms with Gasteiger partial charge in [0.25, 0.3) is 0 Å². The van der Waals surface area contributed by atoms with Crippen LogP contribution < -0.4 is 5.73 Å². The van der Waals surface area contributed by atoms with Crippen LogP contribution in [0.15, 0.2) is 0 Å². The summed E-state index contributed by atoms with van der Waals surface area (Å²) >= 11 is 0. The van der Waals surface area contributed by atoms with Crippen LogP contribution in [0.3, 0.4) is 0 Å². The van der Waals surface area contributed by atoms with E-state index in [9.17, 15) is 0 Å². The fourth-order valence-corrected chi connectivity index (χ4v) is 0.283. The molecule has 0 saturated carbocycles. The predicted molar refractivity (Wildman–Crippen MR) is 33.0 cm³/mol. The maximum absolute atomic E-state index is 8.36. The van der Waals surface area contributed by atoms with E-state index in [1.807, 2.05) is 0 Å². The minimum atomic E-state index is -1.31. The minimum Gasteiger partial charge on any atom is -0.301 e. The van der Waals surface area contributed by atoms with Gasteiger partial charge >= 0.3 is 0 Å². The molecule has 0 aromatic heterocycles. The van der Waals surface area contributed by atoms with Gasteiger partial charge in [-0.3, -0.25) is 0 Å². The van der Waals surface area contributed by atoms with Gasteiger partial charge in [-0.1, -0.05) is 13.8 Å². The van der Waals surface area contributed by atoms with Crippen LogP contribution in [0.5, 0.6) is 0 Å². The third-order valence-corrected chi connectivity index (χ3v) is 1.28. The van der Waals surface area contributed by atoms with Crippen molar-refractivity contribution in [2.75, 3.05) is 0 Å². The van der Waals surface area contributed by atoms with Crippen LogP contribution in [0.25, 0.3) is 0 Å². The summed E-state index contributed by atoms with van der Waals surface area (Å²) in [6.07, 6.45) is 0. The van der Waals surface area contributed by atoms with Crippen molar-refractivity contribution in [3.05, 3.63) is 0 Å². The van der Waals surface area contributed by atoms with Gasteiger partial charge in [-0.15, -0.1) is 0 Å². The summed E-state index contributed by atoms with van der Waals surface area (Å²) in [6.45, 7) is 3.48. The van der Waals surface area contributed by atoms with Gasteiger partial charge in [0, 0.05) is 0 Å². The highest BCUT2D eigenvalue weighted by Crippen LogP contribution is 2.10. The Bertz CT molecular complexity index is 156. The van der Waals surface area contributed by atoms with E-state index in [1.54, 1.807) is 26.0 Å². The Kier molecular flexibility index (Phi) is 2.19. The fourth-order valence-electron chi connectivity index (χ4n) is 0.283. The Morgan fingerprint density at radius 3 is 1.67 bits per heavy atom. The summed E-state index contributed by atoms with van der Waals surface area (Å²) in [5, 5.41) is 16.7. The summed E-state index contributed by atoms with van der Waals surface area (Å²) in [4.78, 5) is 0. The van der Waals surface area contributed by atoms with E-state index in [0.717, 1.165) is 0 Å². The average molecular weight is 123 g/mol. The van der Waals surface area contributed by atoms with Crippen LogP contribution in [0.1, 0.15) is 13.8 Å². The largest absolute Gasteiger partial charge is 0.301 e. The molecule has 0 bridgehead atoms. The Balaban J connectivity index is 4.39. The molecule has 0 aromatic carbocycles. The summed E-state index contributed by atoms with van der Waals surface area (Å²) in [5.41, 5.74) is 4.01. The van der Waals surface area contributed by atoms with E-state index in [0.29, 0.717) is 0 Å². The molecule has 0 spiro atoms. The topological polar surface area (TPSA) is 73.6 Å². The Labute approximate surface area is 54.7 Å². The van der Waals surface area contributed by atoms with Crippen LogP contribution in [0.4, 0.5) is 0 Å². The molecule has 9 heavy (non-hydrogen) atoms. The zero-order valence-electron chi connectivity index (χ0n) is 5.55. The molecule has 0 aliphatic carbocycles. The Morgan fingerprint density at radius 2 is 1.67 bits per heavy atom. The maximum atomic E-state index is 8.36. The molecule has 0 saturated heterocycles. The molecule has 3 nitrogen and oxygen atoms in total. The summed E-state index contributed by atoms with van der Waals surface area (Å²) in [6, 6.07) is 3.49. The van der Waals surface area contributed by atoms with Gasteiger partial charge in [0.1, 0.15) is 12.1 Å². The van der Waals surface area contributed by atoms with Gasteiger partial charge in [0.05, 0.1) is 0 Å². The second-order valence-electron chi connectivity index (χ2n) is 2.25. The third-order valence-electron chi connectivity index (χ3n) is 1.28. The number of hydrogen-bond acceptors (Lipinski definition) is 3. The number of rotatable bonds is 1. The molecule has 0 radical (unpaired) electrons. The zero-order chi connectivity index (χ0) is 7.49. The number of hydrogen-bond donors (Lipinski definition) is 1. The van der Waals surface area contributed by atoms with Crippen molar-refractivity contribution in [1.82, 2.24) is 0 Å². The molecule has 48 valence electrons. The van der Waals surface area contributed by atoms with Crippen molar-refractivity contribution in [3.63, 3.8) is 0 Å². The Hall–Kier alpha value is -1.06. The second kappa shape index (κ2) is 2.48. The first kappa shape index (κ1) is 7.94. The molecule has 3 heteroatoms. The van der Waals surface area contributed by atoms with Crippen LogP contribution in [-0.2, 0) is 0 Å². The first-order chi connectivity index (χ1) is 4.06. The van der Waals surface area contributed by atoms with Gasteiger partial charge in [-0.2, -0.15) is 10.5 Å². The van der Waals surface area contributed by atoms with Crippen molar-refractivity contribution in [2.24, 2.45) is 11.7 Å². The molecular weight excluding hydrogens is 114 g/mol. The highest BCUT2D eigenvalue weighted by molar-refractivity contribution is 5.21. The highest BCUT2D eigenvalue weighted by Gasteiger charge is 2.27. The predicted octanol–water partition coefficient (Wildman–Crippen LogP) is 0.387. The van der Waals surface area contributed by atoms with E-state index in [2.05, 4.69) is 0 Å². The molecule has 0 unspecified atom stereocenters. The second-order valence-corrected chi connectivity index (χ2v) is 2.25. The van der Waals surface area contributed by atoms with Gasteiger partial charge in [-0.25, -0.2) is 0 Å². The smallest absolute Gasteiger partial charge is 0.193 e. The maximum Gasteiger partial charge on any atom is 0.193 e. The van der Waals surface area contributed by atoms with E-state index in [4.69, 9.17) is 16.3 Å². The average Bonchev–Trinajstić information content (AvgIpc) is 1.86. The highest BCUT2D eigenvalue weighted by atomic mass is 14.7. The van der Waals surface area contributed by atoms with Crippen molar-refractivity contribution in [3.8, 4) is 12.1 Å². The first-order valence-electron chi connectivity index (χ1n) is 2.68. The molecule has 0 aliphatic heterocycles. The Morgan fingerprint density at radius 1 is 1.33 bits per heavy atom. The standard InChI is InChI=1S/C6H9N3/c1-5(2)6(9,3-7)4-8/h5H,9H2,1-2H3. The lowest BCUT2D eigenvalue weighted by Crippen LogP contribution is -2.41. The quantitative estimate of drug-likeness (QED) is 0.548. The number of nitrogens with zero attached hydrogens (tertiary/aromatic N) is 2. The van der Waals surface area contributed by atoms with Crippen molar-refractivity contribution >= 4 is 0 Å². The SMILES string of the molecule is CC(C)C(N)(C#N)C#N. The molecular formula is C6H9N3. The van der Waals surface area contributed by atoms with Gasteiger partial charge < -0.3 is 5.73 Å². The van der Waals surface area contributed by atoms with Crippen molar-refractivity contribution in [1.29, 1.82) is 10.5 Å². The number of nitrogens with two attached hydrogens (primary N) is 1. The van der Waals surface area contributed by atoms with Crippen LogP contribution in [0.2, 0.25) is 0 Å². The van der Waals surface area contributed by atoms with Crippen LogP contribution in [0, 0.1) is 28.6 Å². The zero-order valence-corrected chi connectivity index (χ0v) is 5.55. The molecule has 0 amide bonds. The lowest BCUT2D eigenvalue weighted by Gasteiger charge is -2.15. The van der Waals surface area contributed by atoms with Gasteiger partial charge in [0.2, 0.25) is 0 Å². The monoisotopic (exact) mass is 123 g/mol. The molecule has 0 heterocycles. The first-order valence-corrected chi connectivity index (χ1v) is 2.68. The molecule has 0 aliphatic rings. The summed E-state index contributed by atoms with van der Waals surface area (Å²) in [5.74, 6) is -0.118. The van der Waals surface area contributed by atoms with Crippen molar-refractivity contribution in [2.45, 2.75) is 19.4 Å². The summed E-state index contributed by atoms with van der Waals surface area (Å²) < 4.78 is 0. The van der Waals surface area contributed by atoms with E-state index in [-0.39, 0.29) is 5.92 Å². The lowest BCUT2D eigenvalue weighted by molar-refractivity contribution is 0.486. The van der Waals surface area contributed by atoms with Gasteiger partial charge in [0.15, 0.2) is 5.54 Å². The molecule has 0 aromatic rings. The summed E-state index contributed by atoms with van der Waals surface area (Å²) in [7, 11) is 0. The molecule has 0 fully saturated rings. The van der Waals surface area contributed by atoms with Crippen molar-refractivity contribution < 1.29 is 0 Å². The van der Waals surface area contributed by atoms with Gasteiger partial charge in [-0.05, 0) is 5.92 Å². The fraction of sp³-hybridized carbons (Fsp3) is 0.667. The van der Waals surface area contributed by atoms with E-state index < -0.39 is 5.54 Å². The molecule has 0 rings (SSSR count). The normalized spacial score (nSPS) is 10.4. The number of nitriles is 2. The molecule has 2 N–H and O–H groups in total. The van der Waals surface area contributed by atoms with Crippen LogP contribution >= 0.6 is 0 Å². The van der Waals surface area contributed by atoms with Crippen LogP contribution in [-0.4, -0.2) is 5.54 Å².